The lowest BCUT2D eigenvalue weighted by molar-refractivity contribution is -0.111. The second-order valence-corrected chi connectivity index (χ2v) is 8.17. The molecule has 6 heteroatoms. The Morgan fingerprint density at radius 1 is 1.32 bits per heavy atom. The highest BCUT2D eigenvalue weighted by Gasteiger charge is 2.22. The van der Waals surface area contributed by atoms with Gasteiger partial charge in [-0.2, -0.15) is 5.26 Å². The minimum Gasteiger partial charge on any atom is -0.457 e. The van der Waals surface area contributed by atoms with Crippen LogP contribution >= 0.6 is 22.9 Å². The number of thiophene rings is 1. The van der Waals surface area contributed by atoms with E-state index in [1.54, 1.807) is 12.1 Å². The Labute approximate surface area is 172 Å². The van der Waals surface area contributed by atoms with Gasteiger partial charge in [-0.3, -0.25) is 4.79 Å². The van der Waals surface area contributed by atoms with E-state index >= 15 is 0 Å². The molecule has 4 rings (SSSR count). The predicted molar refractivity (Wildman–Crippen MR) is 113 cm³/mol. The number of hydrogen-bond donors (Lipinski definition) is 1. The Kier molecular flexibility index (Phi) is 5.08. The standard InChI is InChI=1S/C22H17ClN2O2S/c1-13-5-6-14(11-18(13)23)19-9-7-15(27-19)8-10-21(26)25-22-17(12-24)16-3-2-4-20(16)28-22/h5-11H,2-4H2,1H3,(H,25,26). The summed E-state index contributed by atoms with van der Waals surface area (Å²) in [5, 5.41) is 13.5. The van der Waals surface area contributed by atoms with Crippen LogP contribution in [0.2, 0.25) is 5.02 Å². The van der Waals surface area contributed by atoms with Crippen LogP contribution in [0.4, 0.5) is 5.00 Å². The van der Waals surface area contributed by atoms with Crippen molar-refractivity contribution in [3.05, 3.63) is 68.8 Å². The number of fused-ring (bicyclic) bond motifs is 1. The number of benzene rings is 1. The van der Waals surface area contributed by atoms with Crippen molar-refractivity contribution < 1.29 is 9.21 Å². The molecule has 0 atom stereocenters. The second kappa shape index (κ2) is 7.67. The molecule has 2 aromatic heterocycles. The van der Waals surface area contributed by atoms with Crippen molar-refractivity contribution in [3.63, 3.8) is 0 Å². The number of anilines is 1. The predicted octanol–water partition coefficient (Wildman–Crippen LogP) is 5.98. The van der Waals surface area contributed by atoms with Gasteiger partial charge in [0.1, 0.15) is 22.6 Å². The fraction of sp³-hybridized carbons (Fsp3) is 0.182. The third kappa shape index (κ3) is 3.62. The van der Waals surface area contributed by atoms with Gasteiger partial charge in [-0.15, -0.1) is 11.3 Å². The number of nitrogens with zero attached hydrogens (tertiary/aromatic N) is 1. The maximum Gasteiger partial charge on any atom is 0.249 e. The smallest absolute Gasteiger partial charge is 0.249 e. The Balaban J connectivity index is 1.46. The van der Waals surface area contributed by atoms with E-state index in [9.17, 15) is 10.1 Å². The summed E-state index contributed by atoms with van der Waals surface area (Å²) < 4.78 is 5.78. The first kappa shape index (κ1) is 18.5. The lowest BCUT2D eigenvalue weighted by Gasteiger charge is -2.01. The van der Waals surface area contributed by atoms with Gasteiger partial charge in [0.05, 0.1) is 5.56 Å². The lowest BCUT2D eigenvalue weighted by Crippen LogP contribution is -2.07. The zero-order valence-electron chi connectivity index (χ0n) is 15.2. The molecular formula is C22H17ClN2O2S. The molecule has 1 aliphatic rings. The first-order chi connectivity index (χ1) is 13.5. The van der Waals surface area contributed by atoms with Crippen LogP contribution in [-0.2, 0) is 17.6 Å². The summed E-state index contributed by atoms with van der Waals surface area (Å²) in [4.78, 5) is 13.5. The number of nitrogens with one attached hydrogen (secondary N) is 1. The quantitative estimate of drug-likeness (QED) is 0.540. The van der Waals surface area contributed by atoms with Crippen LogP contribution in [-0.4, -0.2) is 5.91 Å². The molecule has 28 heavy (non-hydrogen) atoms. The third-order valence-electron chi connectivity index (χ3n) is 4.75. The van der Waals surface area contributed by atoms with Crippen LogP contribution < -0.4 is 5.32 Å². The fourth-order valence-electron chi connectivity index (χ4n) is 3.27. The number of hydrogen-bond acceptors (Lipinski definition) is 4. The fourth-order valence-corrected chi connectivity index (χ4v) is 4.69. The van der Waals surface area contributed by atoms with E-state index in [1.165, 1.54) is 22.3 Å². The van der Waals surface area contributed by atoms with Crippen molar-refractivity contribution in [1.82, 2.24) is 0 Å². The van der Waals surface area contributed by atoms with Crippen molar-refractivity contribution >= 4 is 39.9 Å². The van der Waals surface area contributed by atoms with Crippen LogP contribution in [0.3, 0.4) is 0 Å². The highest BCUT2D eigenvalue weighted by Crippen LogP contribution is 2.38. The van der Waals surface area contributed by atoms with Crippen LogP contribution in [0.15, 0.2) is 40.8 Å². The first-order valence-electron chi connectivity index (χ1n) is 8.95. The number of furan rings is 1. The summed E-state index contributed by atoms with van der Waals surface area (Å²) in [5.74, 6) is 0.965. The van der Waals surface area contributed by atoms with Crippen LogP contribution in [0.25, 0.3) is 17.4 Å². The van der Waals surface area contributed by atoms with Crippen molar-refractivity contribution in [1.29, 1.82) is 5.26 Å². The summed E-state index contributed by atoms with van der Waals surface area (Å²) in [6.07, 6.45) is 6.01. The summed E-state index contributed by atoms with van der Waals surface area (Å²) in [6, 6.07) is 11.6. The summed E-state index contributed by atoms with van der Waals surface area (Å²) in [6.45, 7) is 1.95. The third-order valence-corrected chi connectivity index (χ3v) is 6.37. The molecule has 0 saturated carbocycles. The Bertz CT molecular complexity index is 1130. The molecule has 1 amide bonds. The molecule has 140 valence electrons. The average molecular weight is 409 g/mol. The monoisotopic (exact) mass is 408 g/mol. The minimum atomic E-state index is -0.284. The summed E-state index contributed by atoms with van der Waals surface area (Å²) in [5.41, 5.74) is 3.59. The molecule has 0 aliphatic heterocycles. The van der Waals surface area contributed by atoms with Gasteiger partial charge >= 0.3 is 0 Å². The molecule has 3 aromatic rings. The van der Waals surface area contributed by atoms with E-state index in [0.717, 1.165) is 36.0 Å². The molecule has 1 N–H and O–H groups in total. The molecule has 0 bridgehead atoms. The van der Waals surface area contributed by atoms with Gasteiger partial charge in [-0.25, -0.2) is 0 Å². The topological polar surface area (TPSA) is 66.0 Å². The number of carbonyl (C=O) groups is 1. The maximum absolute atomic E-state index is 12.3. The minimum absolute atomic E-state index is 0.284. The SMILES string of the molecule is Cc1ccc(-c2ccc(C=CC(=O)Nc3sc4c(c3C#N)CCC4)o2)cc1Cl. The summed E-state index contributed by atoms with van der Waals surface area (Å²) >= 11 is 7.67. The van der Waals surface area contributed by atoms with Crippen LogP contribution in [0.1, 0.15) is 33.7 Å². The maximum atomic E-state index is 12.3. The number of halogens is 1. The molecule has 4 nitrogen and oxygen atoms in total. The largest absolute Gasteiger partial charge is 0.457 e. The molecule has 0 fully saturated rings. The van der Waals surface area contributed by atoms with Crippen molar-refractivity contribution in [3.8, 4) is 17.4 Å². The van der Waals surface area contributed by atoms with E-state index in [1.807, 2.05) is 31.2 Å². The van der Waals surface area contributed by atoms with Gasteiger partial charge in [-0.1, -0.05) is 23.7 Å². The van der Waals surface area contributed by atoms with Gasteiger partial charge < -0.3 is 9.73 Å². The van der Waals surface area contributed by atoms with E-state index in [4.69, 9.17) is 16.0 Å². The molecular weight excluding hydrogens is 392 g/mol. The van der Waals surface area contributed by atoms with Gasteiger partial charge in [-0.05, 0) is 61.6 Å². The zero-order valence-corrected chi connectivity index (χ0v) is 16.8. The molecule has 0 saturated heterocycles. The Hall–Kier alpha value is -2.81. The average Bonchev–Trinajstić information content (AvgIpc) is 3.38. The Morgan fingerprint density at radius 3 is 2.96 bits per heavy atom. The number of rotatable bonds is 4. The highest BCUT2D eigenvalue weighted by atomic mass is 35.5. The molecule has 0 unspecified atom stereocenters. The van der Waals surface area contributed by atoms with Gasteiger partial charge in [0.25, 0.3) is 0 Å². The second-order valence-electron chi connectivity index (χ2n) is 6.66. The van der Waals surface area contributed by atoms with Crippen molar-refractivity contribution in [2.75, 3.05) is 5.32 Å². The van der Waals surface area contributed by atoms with Crippen molar-refractivity contribution in [2.45, 2.75) is 26.2 Å². The molecule has 0 radical (unpaired) electrons. The number of amides is 1. The van der Waals surface area contributed by atoms with Gasteiger partial charge in [0.2, 0.25) is 5.91 Å². The number of carbonyl (C=O) groups excluding carboxylic acids is 1. The first-order valence-corrected chi connectivity index (χ1v) is 10.1. The van der Waals surface area contributed by atoms with Gasteiger partial charge in [0.15, 0.2) is 0 Å². The summed E-state index contributed by atoms with van der Waals surface area (Å²) in [7, 11) is 0. The molecule has 0 spiro atoms. The number of aryl methyl sites for hydroxylation is 2. The molecule has 1 aromatic carbocycles. The molecule has 2 heterocycles. The normalized spacial score (nSPS) is 12.9. The van der Waals surface area contributed by atoms with E-state index in [2.05, 4.69) is 11.4 Å². The van der Waals surface area contributed by atoms with Crippen LogP contribution in [0, 0.1) is 18.3 Å². The van der Waals surface area contributed by atoms with E-state index in [-0.39, 0.29) is 5.91 Å². The number of nitriles is 1. The lowest BCUT2D eigenvalue weighted by atomic mass is 10.1. The van der Waals surface area contributed by atoms with Crippen LogP contribution in [0.5, 0.6) is 0 Å². The molecule has 1 aliphatic carbocycles. The highest BCUT2D eigenvalue weighted by molar-refractivity contribution is 7.16. The van der Waals surface area contributed by atoms with E-state index < -0.39 is 0 Å². The Morgan fingerprint density at radius 2 is 2.18 bits per heavy atom. The van der Waals surface area contributed by atoms with Crippen molar-refractivity contribution in [2.24, 2.45) is 0 Å². The van der Waals surface area contributed by atoms with Gasteiger partial charge in [0, 0.05) is 21.5 Å². The zero-order chi connectivity index (χ0) is 19.7. The van der Waals surface area contributed by atoms with E-state index in [0.29, 0.717) is 27.1 Å².